The van der Waals surface area contributed by atoms with Crippen LogP contribution < -0.4 is 5.32 Å². The Bertz CT molecular complexity index is 858. The van der Waals surface area contributed by atoms with Gasteiger partial charge in [0.2, 0.25) is 11.8 Å². The van der Waals surface area contributed by atoms with Crippen LogP contribution >= 0.6 is 0 Å². The molecule has 32 heavy (non-hydrogen) atoms. The van der Waals surface area contributed by atoms with Crippen LogP contribution in [0.5, 0.6) is 0 Å². The van der Waals surface area contributed by atoms with E-state index in [1.165, 1.54) is 5.56 Å². The molecule has 2 aliphatic heterocycles. The van der Waals surface area contributed by atoms with E-state index in [4.69, 9.17) is 0 Å². The molecule has 6 heteroatoms. The lowest BCUT2D eigenvalue weighted by Crippen LogP contribution is -2.51. The molecule has 0 atom stereocenters. The van der Waals surface area contributed by atoms with Gasteiger partial charge in [0, 0.05) is 45.2 Å². The van der Waals surface area contributed by atoms with Gasteiger partial charge in [-0.15, -0.1) is 0 Å². The summed E-state index contributed by atoms with van der Waals surface area (Å²) in [5.41, 5.74) is 2.44. The van der Waals surface area contributed by atoms with E-state index in [1.54, 1.807) is 0 Å². The van der Waals surface area contributed by atoms with Gasteiger partial charge in [0.25, 0.3) is 0 Å². The average molecular weight is 435 g/mol. The van der Waals surface area contributed by atoms with Gasteiger partial charge in [-0.1, -0.05) is 60.7 Å². The van der Waals surface area contributed by atoms with Gasteiger partial charge in [0.15, 0.2) is 0 Å². The molecule has 2 fully saturated rings. The number of hydrogen-bond donors (Lipinski definition) is 1. The summed E-state index contributed by atoms with van der Waals surface area (Å²) in [5, 5.41) is 3.06. The number of hydrogen-bond acceptors (Lipinski definition) is 4. The maximum atomic E-state index is 12.8. The second-order valence-corrected chi connectivity index (χ2v) is 8.90. The first-order chi connectivity index (χ1) is 15.7. The fourth-order valence-electron chi connectivity index (χ4n) is 4.57. The number of amides is 2. The number of carbonyl (C=O) groups excluding carboxylic acids is 2. The quantitative estimate of drug-likeness (QED) is 0.727. The molecule has 170 valence electrons. The fourth-order valence-corrected chi connectivity index (χ4v) is 4.57. The number of benzene rings is 2. The van der Waals surface area contributed by atoms with Crippen LogP contribution in [0.3, 0.4) is 0 Å². The average Bonchev–Trinajstić information content (AvgIpc) is 2.85. The van der Waals surface area contributed by atoms with Crippen molar-refractivity contribution < 1.29 is 9.59 Å². The first-order valence-corrected chi connectivity index (χ1v) is 11.8. The highest BCUT2D eigenvalue weighted by molar-refractivity contribution is 5.79. The molecule has 0 spiro atoms. The van der Waals surface area contributed by atoms with Crippen LogP contribution in [0, 0.1) is 5.92 Å². The second-order valence-electron chi connectivity index (χ2n) is 8.90. The predicted octanol–water partition coefficient (Wildman–Crippen LogP) is 2.36. The first kappa shape index (κ1) is 22.5. The van der Waals surface area contributed by atoms with Gasteiger partial charge in [0.1, 0.15) is 0 Å². The molecule has 2 saturated heterocycles. The topological polar surface area (TPSA) is 55.9 Å². The molecule has 1 N–H and O–H groups in total. The van der Waals surface area contributed by atoms with Crippen LogP contribution in [0.15, 0.2) is 60.7 Å². The van der Waals surface area contributed by atoms with Gasteiger partial charge in [0.05, 0.1) is 6.54 Å². The Balaban J connectivity index is 1.14. The zero-order valence-electron chi connectivity index (χ0n) is 18.8. The Morgan fingerprint density at radius 3 is 1.97 bits per heavy atom. The van der Waals surface area contributed by atoms with E-state index in [0.717, 1.165) is 64.2 Å². The summed E-state index contributed by atoms with van der Waals surface area (Å²) < 4.78 is 0. The predicted molar refractivity (Wildman–Crippen MR) is 126 cm³/mol. The van der Waals surface area contributed by atoms with E-state index in [9.17, 15) is 9.59 Å². The minimum atomic E-state index is 0.0478. The molecule has 2 aliphatic rings. The van der Waals surface area contributed by atoms with Crippen molar-refractivity contribution in [2.24, 2.45) is 5.92 Å². The molecule has 2 amide bonds. The van der Waals surface area contributed by atoms with E-state index in [2.05, 4.69) is 39.4 Å². The van der Waals surface area contributed by atoms with Gasteiger partial charge in [-0.25, -0.2) is 0 Å². The summed E-state index contributed by atoms with van der Waals surface area (Å²) in [5.74, 6) is 0.400. The Morgan fingerprint density at radius 2 is 1.34 bits per heavy atom. The highest BCUT2D eigenvalue weighted by atomic mass is 16.2. The second kappa shape index (κ2) is 11.2. The molecule has 2 aromatic carbocycles. The Hall–Kier alpha value is -2.70. The number of piperidine rings is 1. The van der Waals surface area contributed by atoms with Crippen molar-refractivity contribution in [1.29, 1.82) is 0 Å². The van der Waals surface area contributed by atoms with Gasteiger partial charge < -0.3 is 10.2 Å². The minimum Gasteiger partial charge on any atom is -0.352 e. The van der Waals surface area contributed by atoms with E-state index in [0.29, 0.717) is 13.1 Å². The van der Waals surface area contributed by atoms with Crippen molar-refractivity contribution in [3.63, 3.8) is 0 Å². The van der Waals surface area contributed by atoms with Crippen molar-refractivity contribution in [3.05, 3.63) is 71.8 Å². The summed E-state index contributed by atoms with van der Waals surface area (Å²) in [6.45, 7) is 7.04. The molecule has 4 rings (SSSR count). The van der Waals surface area contributed by atoms with E-state index >= 15 is 0 Å². The third-order valence-electron chi connectivity index (χ3n) is 6.60. The third-order valence-corrected chi connectivity index (χ3v) is 6.60. The summed E-state index contributed by atoms with van der Waals surface area (Å²) in [4.78, 5) is 31.9. The minimum absolute atomic E-state index is 0.0478. The Morgan fingerprint density at radius 1 is 0.750 bits per heavy atom. The van der Waals surface area contributed by atoms with Crippen molar-refractivity contribution >= 4 is 11.8 Å². The van der Waals surface area contributed by atoms with Crippen LogP contribution in [0.25, 0.3) is 0 Å². The summed E-state index contributed by atoms with van der Waals surface area (Å²) in [6.07, 6.45) is 1.64. The van der Waals surface area contributed by atoms with E-state index < -0.39 is 0 Å². The van der Waals surface area contributed by atoms with Crippen molar-refractivity contribution in [1.82, 2.24) is 20.0 Å². The van der Waals surface area contributed by atoms with E-state index in [-0.39, 0.29) is 17.7 Å². The highest BCUT2D eigenvalue weighted by Crippen LogP contribution is 2.18. The van der Waals surface area contributed by atoms with Crippen molar-refractivity contribution in [3.8, 4) is 0 Å². The van der Waals surface area contributed by atoms with Crippen molar-refractivity contribution in [2.45, 2.75) is 25.9 Å². The lowest BCUT2D eigenvalue weighted by atomic mass is 9.95. The van der Waals surface area contributed by atoms with Gasteiger partial charge in [-0.05, 0) is 37.1 Å². The lowest BCUT2D eigenvalue weighted by Gasteiger charge is -2.37. The smallest absolute Gasteiger partial charge is 0.236 e. The largest absolute Gasteiger partial charge is 0.352 e. The molecular weight excluding hydrogens is 400 g/mol. The van der Waals surface area contributed by atoms with Gasteiger partial charge >= 0.3 is 0 Å². The normalized spacial score (nSPS) is 18.4. The molecule has 0 radical (unpaired) electrons. The van der Waals surface area contributed by atoms with Crippen LogP contribution in [0.4, 0.5) is 0 Å². The summed E-state index contributed by atoms with van der Waals surface area (Å²) >= 11 is 0. The number of rotatable bonds is 7. The maximum Gasteiger partial charge on any atom is 0.236 e. The molecule has 2 aromatic rings. The number of likely N-dealkylation sites (tertiary alicyclic amines) is 1. The molecule has 0 saturated carbocycles. The molecule has 6 nitrogen and oxygen atoms in total. The lowest BCUT2D eigenvalue weighted by molar-refractivity contribution is -0.134. The number of piperazine rings is 1. The Kier molecular flexibility index (Phi) is 7.91. The zero-order chi connectivity index (χ0) is 22.2. The van der Waals surface area contributed by atoms with Crippen LogP contribution in [0.1, 0.15) is 24.0 Å². The molecule has 2 heterocycles. The van der Waals surface area contributed by atoms with E-state index in [1.807, 2.05) is 41.3 Å². The van der Waals surface area contributed by atoms with Crippen molar-refractivity contribution in [2.75, 3.05) is 45.8 Å². The van der Waals surface area contributed by atoms with Crippen LogP contribution in [-0.4, -0.2) is 72.3 Å². The monoisotopic (exact) mass is 434 g/mol. The molecule has 0 bridgehead atoms. The molecule has 0 unspecified atom stereocenters. The molecule has 0 aromatic heterocycles. The van der Waals surface area contributed by atoms with Crippen LogP contribution in [-0.2, 0) is 22.7 Å². The zero-order valence-corrected chi connectivity index (χ0v) is 18.8. The molecule has 0 aliphatic carbocycles. The van der Waals surface area contributed by atoms with Gasteiger partial charge in [-0.2, -0.15) is 0 Å². The van der Waals surface area contributed by atoms with Crippen LogP contribution in [0.2, 0.25) is 0 Å². The number of carbonyl (C=O) groups is 2. The Labute approximate surface area is 191 Å². The molecular formula is C26H34N4O2. The summed E-state index contributed by atoms with van der Waals surface area (Å²) in [7, 11) is 0. The number of nitrogens with one attached hydrogen (secondary N) is 1. The maximum absolute atomic E-state index is 12.8. The highest BCUT2D eigenvalue weighted by Gasteiger charge is 2.28. The first-order valence-electron chi connectivity index (χ1n) is 11.8. The number of nitrogens with zero attached hydrogens (tertiary/aromatic N) is 3. The fraction of sp³-hybridized carbons (Fsp3) is 0.462. The van der Waals surface area contributed by atoms with Gasteiger partial charge in [-0.3, -0.25) is 19.4 Å². The standard InChI is InChI=1S/C26H34N4O2/c31-25(30-17-15-29(16-18-30)20-23-9-5-2-6-10-23)21-28-13-11-24(12-14-28)26(32)27-19-22-7-3-1-4-8-22/h1-10,24H,11-21H2,(H,27,32). The summed E-state index contributed by atoms with van der Waals surface area (Å²) in [6, 6.07) is 20.5. The SMILES string of the molecule is O=C(NCc1ccccc1)C1CCN(CC(=O)N2CCN(Cc3ccccc3)CC2)CC1. The third kappa shape index (κ3) is 6.40.